The van der Waals surface area contributed by atoms with Crippen molar-refractivity contribution in [3.05, 3.63) is 0 Å². The smallest absolute Gasteiger partial charge is 0.239 e. The van der Waals surface area contributed by atoms with Crippen LogP contribution >= 0.6 is 0 Å². The molecule has 1 saturated heterocycles. The van der Waals surface area contributed by atoms with Gasteiger partial charge in [0.1, 0.15) is 0 Å². The maximum Gasteiger partial charge on any atom is 0.239 e. The number of nitrogens with two attached hydrogens (primary N) is 1. The molecule has 1 rings (SSSR count). The molecule has 0 aliphatic carbocycles. The van der Waals surface area contributed by atoms with E-state index in [2.05, 4.69) is 13.8 Å². The summed E-state index contributed by atoms with van der Waals surface area (Å²) in [5.74, 6) is 0.878. The number of rotatable bonds is 4. The van der Waals surface area contributed by atoms with E-state index in [1.807, 2.05) is 4.90 Å². The van der Waals surface area contributed by atoms with Crippen molar-refractivity contribution in [3.63, 3.8) is 0 Å². The number of likely N-dealkylation sites (tertiary alicyclic amines) is 1. The van der Waals surface area contributed by atoms with E-state index >= 15 is 0 Å². The first-order valence-corrected chi connectivity index (χ1v) is 5.65. The van der Waals surface area contributed by atoms with Crippen molar-refractivity contribution in [2.45, 2.75) is 45.6 Å². The maximum atomic E-state index is 11.6. The van der Waals surface area contributed by atoms with E-state index in [0.29, 0.717) is 0 Å². The topological polar surface area (TPSA) is 46.3 Å². The first-order valence-electron chi connectivity index (χ1n) is 5.65. The lowest BCUT2D eigenvalue weighted by Gasteiger charge is -2.30. The Morgan fingerprint density at radius 1 is 1.57 bits per heavy atom. The number of nitrogens with zero attached hydrogens (tertiary/aromatic N) is 1. The van der Waals surface area contributed by atoms with Gasteiger partial charge in [-0.25, -0.2) is 0 Å². The largest absolute Gasteiger partial charge is 0.341 e. The third-order valence-electron chi connectivity index (χ3n) is 2.78. The van der Waals surface area contributed by atoms with Crippen molar-refractivity contribution < 1.29 is 4.79 Å². The van der Waals surface area contributed by atoms with Crippen molar-refractivity contribution >= 4 is 5.91 Å². The molecule has 1 heterocycles. The summed E-state index contributed by atoms with van der Waals surface area (Å²) >= 11 is 0. The SMILES string of the molecule is CC(C)CCCN1CCCC(N)C1=O. The molecule has 1 unspecified atom stereocenters. The van der Waals surface area contributed by atoms with Gasteiger partial charge in [-0.15, -0.1) is 0 Å². The molecule has 0 radical (unpaired) electrons. The predicted octanol–water partition coefficient (Wildman–Crippen LogP) is 1.37. The van der Waals surface area contributed by atoms with Gasteiger partial charge in [-0.2, -0.15) is 0 Å². The van der Waals surface area contributed by atoms with Crippen molar-refractivity contribution in [2.24, 2.45) is 11.7 Å². The number of carbonyl (C=O) groups excluding carboxylic acids is 1. The van der Waals surface area contributed by atoms with Crippen LogP contribution < -0.4 is 5.73 Å². The minimum atomic E-state index is -0.234. The summed E-state index contributed by atoms with van der Waals surface area (Å²) in [6, 6.07) is -0.234. The molecule has 2 N–H and O–H groups in total. The highest BCUT2D eigenvalue weighted by Crippen LogP contribution is 2.12. The molecule has 1 atom stereocenters. The summed E-state index contributed by atoms with van der Waals surface area (Å²) in [5, 5.41) is 0. The van der Waals surface area contributed by atoms with Crippen LogP contribution in [0, 0.1) is 5.92 Å². The normalized spacial score (nSPS) is 23.3. The molecule has 0 aromatic heterocycles. The van der Waals surface area contributed by atoms with Crippen molar-refractivity contribution in [2.75, 3.05) is 13.1 Å². The van der Waals surface area contributed by atoms with Crippen LogP contribution in [0.15, 0.2) is 0 Å². The highest BCUT2D eigenvalue weighted by molar-refractivity contribution is 5.82. The van der Waals surface area contributed by atoms with Crippen molar-refractivity contribution in [1.82, 2.24) is 4.90 Å². The van der Waals surface area contributed by atoms with Gasteiger partial charge in [-0.05, 0) is 31.6 Å². The van der Waals surface area contributed by atoms with Crippen LogP contribution in [0.2, 0.25) is 0 Å². The first-order chi connectivity index (χ1) is 6.61. The van der Waals surface area contributed by atoms with E-state index in [9.17, 15) is 4.79 Å². The van der Waals surface area contributed by atoms with Gasteiger partial charge in [0.15, 0.2) is 0 Å². The average Bonchev–Trinajstić information content (AvgIpc) is 2.12. The molecule has 0 saturated carbocycles. The molecule has 1 amide bonds. The Hall–Kier alpha value is -0.570. The molecule has 1 aliphatic heterocycles. The number of carbonyl (C=O) groups is 1. The Balaban J connectivity index is 2.25. The second-order valence-electron chi connectivity index (χ2n) is 4.61. The molecule has 3 nitrogen and oxygen atoms in total. The van der Waals surface area contributed by atoms with E-state index in [0.717, 1.165) is 38.3 Å². The molecular weight excluding hydrogens is 176 g/mol. The first kappa shape index (κ1) is 11.5. The zero-order chi connectivity index (χ0) is 10.6. The lowest BCUT2D eigenvalue weighted by atomic mass is 10.0. The molecule has 82 valence electrons. The number of hydrogen-bond donors (Lipinski definition) is 1. The fraction of sp³-hybridized carbons (Fsp3) is 0.909. The fourth-order valence-electron chi connectivity index (χ4n) is 1.88. The van der Waals surface area contributed by atoms with Crippen LogP contribution in [-0.4, -0.2) is 29.9 Å². The van der Waals surface area contributed by atoms with Crippen LogP contribution in [0.25, 0.3) is 0 Å². The monoisotopic (exact) mass is 198 g/mol. The van der Waals surface area contributed by atoms with Crippen LogP contribution in [0.4, 0.5) is 0 Å². The van der Waals surface area contributed by atoms with Gasteiger partial charge < -0.3 is 10.6 Å². The van der Waals surface area contributed by atoms with Crippen LogP contribution in [0.5, 0.6) is 0 Å². The van der Waals surface area contributed by atoms with Gasteiger partial charge in [0.2, 0.25) is 5.91 Å². The highest BCUT2D eigenvalue weighted by Gasteiger charge is 2.24. The molecule has 1 aliphatic rings. The Morgan fingerprint density at radius 2 is 2.29 bits per heavy atom. The second-order valence-corrected chi connectivity index (χ2v) is 4.61. The molecule has 0 bridgehead atoms. The molecular formula is C11H22N2O. The van der Waals surface area contributed by atoms with E-state index in [1.165, 1.54) is 6.42 Å². The van der Waals surface area contributed by atoms with E-state index in [4.69, 9.17) is 5.73 Å². The summed E-state index contributed by atoms with van der Waals surface area (Å²) in [6.45, 7) is 6.23. The summed E-state index contributed by atoms with van der Waals surface area (Å²) < 4.78 is 0. The zero-order valence-electron chi connectivity index (χ0n) is 9.33. The maximum absolute atomic E-state index is 11.6. The van der Waals surface area contributed by atoms with Gasteiger partial charge in [-0.1, -0.05) is 13.8 Å². The van der Waals surface area contributed by atoms with E-state index in [-0.39, 0.29) is 11.9 Å². The van der Waals surface area contributed by atoms with Crippen LogP contribution in [0.1, 0.15) is 39.5 Å². The predicted molar refractivity (Wildman–Crippen MR) is 57.9 cm³/mol. The van der Waals surface area contributed by atoms with Gasteiger partial charge in [0, 0.05) is 13.1 Å². The van der Waals surface area contributed by atoms with Gasteiger partial charge in [0.25, 0.3) is 0 Å². The third-order valence-corrected chi connectivity index (χ3v) is 2.78. The quantitative estimate of drug-likeness (QED) is 0.741. The zero-order valence-corrected chi connectivity index (χ0v) is 9.33. The van der Waals surface area contributed by atoms with Crippen LogP contribution in [0.3, 0.4) is 0 Å². The van der Waals surface area contributed by atoms with Crippen molar-refractivity contribution in [1.29, 1.82) is 0 Å². The minimum Gasteiger partial charge on any atom is -0.341 e. The third kappa shape index (κ3) is 3.29. The molecule has 14 heavy (non-hydrogen) atoms. The van der Waals surface area contributed by atoms with Crippen LogP contribution in [-0.2, 0) is 4.79 Å². The molecule has 0 aromatic carbocycles. The minimum absolute atomic E-state index is 0.153. The van der Waals surface area contributed by atoms with Crippen molar-refractivity contribution in [3.8, 4) is 0 Å². The average molecular weight is 198 g/mol. The lowest BCUT2D eigenvalue weighted by molar-refractivity contribution is -0.135. The number of hydrogen-bond acceptors (Lipinski definition) is 2. The molecule has 0 spiro atoms. The summed E-state index contributed by atoms with van der Waals surface area (Å²) in [7, 11) is 0. The van der Waals surface area contributed by atoms with Gasteiger partial charge in [-0.3, -0.25) is 4.79 Å². The second kappa shape index (κ2) is 5.35. The Bertz CT molecular complexity index is 192. The number of piperidine rings is 1. The summed E-state index contributed by atoms with van der Waals surface area (Å²) in [6.07, 6.45) is 4.23. The Kier molecular flexibility index (Phi) is 4.39. The fourth-order valence-corrected chi connectivity index (χ4v) is 1.88. The standard InChI is InChI=1S/C11H22N2O/c1-9(2)5-3-7-13-8-4-6-10(12)11(13)14/h9-10H,3-8,12H2,1-2H3. The summed E-state index contributed by atoms with van der Waals surface area (Å²) in [4.78, 5) is 13.5. The van der Waals surface area contributed by atoms with Gasteiger partial charge >= 0.3 is 0 Å². The van der Waals surface area contributed by atoms with E-state index in [1.54, 1.807) is 0 Å². The van der Waals surface area contributed by atoms with Gasteiger partial charge in [0.05, 0.1) is 6.04 Å². The lowest BCUT2D eigenvalue weighted by Crippen LogP contribution is -2.48. The van der Waals surface area contributed by atoms with E-state index < -0.39 is 0 Å². The molecule has 0 aromatic rings. The molecule has 1 fully saturated rings. The highest BCUT2D eigenvalue weighted by atomic mass is 16.2. The summed E-state index contributed by atoms with van der Waals surface area (Å²) in [5.41, 5.74) is 5.71. The number of amides is 1. The molecule has 3 heteroatoms. The Labute approximate surface area is 86.6 Å². The Morgan fingerprint density at radius 3 is 2.93 bits per heavy atom.